The van der Waals surface area contributed by atoms with Crippen LogP contribution in [0.2, 0.25) is 3.93 Å². The number of unbranched alkanes of at least 4 members (excludes halogenated alkanes) is 6. The summed E-state index contributed by atoms with van der Waals surface area (Å²) >= 11 is -0.538. The van der Waals surface area contributed by atoms with Gasteiger partial charge >= 0.3 is 127 Å². The van der Waals surface area contributed by atoms with Gasteiger partial charge in [0.15, 0.2) is 0 Å². The summed E-state index contributed by atoms with van der Waals surface area (Å²) in [7, 11) is 0. The van der Waals surface area contributed by atoms with Crippen LogP contribution in [0.5, 0.6) is 0 Å². The van der Waals surface area contributed by atoms with Crippen molar-refractivity contribution in [2.45, 2.75) is 95.3 Å². The fourth-order valence-corrected chi connectivity index (χ4v) is 5.38. The molecule has 0 bridgehead atoms. The molecule has 0 aliphatic carbocycles. The molecule has 0 aliphatic rings. The van der Waals surface area contributed by atoms with Crippen molar-refractivity contribution in [3.63, 3.8) is 0 Å². The van der Waals surface area contributed by atoms with Gasteiger partial charge in [0, 0.05) is 0 Å². The van der Waals surface area contributed by atoms with E-state index in [-0.39, 0.29) is 0 Å². The normalized spacial score (nSPS) is 11.3. The van der Waals surface area contributed by atoms with E-state index in [1.807, 2.05) is 0 Å². The molecule has 0 aliphatic heterocycles. The Kier molecular flexibility index (Phi) is 16.5. The molecule has 1 nitrogen and oxygen atoms in total. The Bertz CT molecular complexity index is 142. The zero-order valence-corrected chi connectivity index (χ0v) is 15.8. The molecule has 0 saturated carbocycles. The van der Waals surface area contributed by atoms with Crippen LogP contribution in [-0.4, -0.2) is 28.2 Å². The zero-order chi connectivity index (χ0) is 13.5. The maximum atomic E-state index is 6.04. The second kappa shape index (κ2) is 15.8. The predicted octanol–water partition coefficient (Wildman–Crippen LogP) is 5.76. The van der Waals surface area contributed by atoms with Gasteiger partial charge in [0.1, 0.15) is 0 Å². The molecule has 18 heavy (non-hydrogen) atoms. The van der Waals surface area contributed by atoms with Gasteiger partial charge in [-0.1, -0.05) is 0 Å². The summed E-state index contributed by atoms with van der Waals surface area (Å²) in [6.45, 7) is 7.94. The number of hydrogen-bond donors (Lipinski definition) is 0. The third-order valence-electron chi connectivity index (χ3n) is 3.41. The van der Waals surface area contributed by atoms with Gasteiger partial charge in [-0.2, -0.15) is 0 Å². The molecule has 0 fully saturated rings. The first-order valence-electron chi connectivity index (χ1n) is 8.22. The molecule has 0 spiro atoms. The molecule has 2 heteroatoms. The van der Waals surface area contributed by atoms with Crippen molar-refractivity contribution in [1.29, 1.82) is 0 Å². The Hall–Kier alpha value is 0.759. The van der Waals surface area contributed by atoms with Gasteiger partial charge in [-0.15, -0.1) is 0 Å². The summed E-state index contributed by atoms with van der Waals surface area (Å²) in [5.41, 5.74) is 0. The summed E-state index contributed by atoms with van der Waals surface area (Å²) < 4.78 is 7.03. The molecule has 0 N–H and O–H groups in total. The van der Waals surface area contributed by atoms with Crippen LogP contribution in [0.15, 0.2) is 0 Å². The Labute approximate surface area is 126 Å². The first-order chi connectivity index (χ1) is 8.85. The molecule has 0 aromatic carbocycles. The van der Waals surface area contributed by atoms with E-state index in [1.54, 1.807) is 0 Å². The Morgan fingerprint density at radius 3 is 1.83 bits per heavy atom. The summed E-state index contributed by atoms with van der Waals surface area (Å²) in [5.74, 6) is 0. The quantitative estimate of drug-likeness (QED) is 0.282. The van der Waals surface area contributed by atoms with E-state index in [9.17, 15) is 0 Å². The second-order valence-corrected chi connectivity index (χ2v) is 9.19. The van der Waals surface area contributed by atoms with Crippen molar-refractivity contribution in [3.05, 3.63) is 0 Å². The number of rotatable bonds is 14. The first-order valence-corrected chi connectivity index (χ1v) is 11.0. The third-order valence-corrected chi connectivity index (χ3v) is 7.07. The van der Waals surface area contributed by atoms with Crippen LogP contribution in [0.1, 0.15) is 91.4 Å². The van der Waals surface area contributed by atoms with Crippen molar-refractivity contribution in [3.8, 4) is 0 Å². The molecule has 0 rings (SSSR count). The van der Waals surface area contributed by atoms with Gasteiger partial charge in [0.25, 0.3) is 0 Å². The Morgan fingerprint density at radius 1 is 0.722 bits per heavy atom. The van der Waals surface area contributed by atoms with Crippen LogP contribution >= 0.6 is 0 Å². The number of hydrogen-bond acceptors (Lipinski definition) is 1. The van der Waals surface area contributed by atoms with Crippen LogP contribution in [0.25, 0.3) is 0 Å². The summed E-state index contributed by atoms with van der Waals surface area (Å²) in [4.78, 5) is 0. The molecule has 0 atom stereocenters. The molecule has 0 saturated heterocycles. The van der Waals surface area contributed by atoms with Crippen molar-refractivity contribution in [2.24, 2.45) is 0 Å². The van der Waals surface area contributed by atoms with E-state index in [4.69, 9.17) is 3.07 Å². The molecule has 0 aromatic rings. The SMILES string of the molecule is CCCCCCC[O][Sn][CH](CCCC)CCCC. The molecule has 0 aromatic heterocycles. The first kappa shape index (κ1) is 18.8. The predicted molar refractivity (Wildman–Crippen MR) is 83.3 cm³/mol. The van der Waals surface area contributed by atoms with Crippen LogP contribution < -0.4 is 0 Å². The molecular weight excluding hydrogens is 327 g/mol. The van der Waals surface area contributed by atoms with Gasteiger partial charge < -0.3 is 0 Å². The fourth-order valence-electron chi connectivity index (χ4n) is 2.12. The van der Waals surface area contributed by atoms with Crippen LogP contribution in [0.4, 0.5) is 0 Å². The summed E-state index contributed by atoms with van der Waals surface area (Å²) in [6, 6.07) is 0. The Balaban J connectivity index is 3.43. The topological polar surface area (TPSA) is 9.23 Å². The molecule has 0 unspecified atom stereocenters. The molecule has 0 heterocycles. The average molecular weight is 361 g/mol. The van der Waals surface area contributed by atoms with E-state index >= 15 is 0 Å². The fraction of sp³-hybridized carbons (Fsp3) is 1.00. The van der Waals surface area contributed by atoms with Gasteiger partial charge in [0.05, 0.1) is 0 Å². The van der Waals surface area contributed by atoms with Crippen molar-refractivity contribution >= 4 is 21.6 Å². The molecule has 0 amide bonds. The molecule has 2 radical (unpaired) electrons. The van der Waals surface area contributed by atoms with Crippen molar-refractivity contribution in [2.75, 3.05) is 6.61 Å². The molecular formula is C16H34OSn. The average Bonchev–Trinajstić information content (AvgIpc) is 2.40. The van der Waals surface area contributed by atoms with E-state index < -0.39 is 21.6 Å². The van der Waals surface area contributed by atoms with Crippen LogP contribution in [0, 0.1) is 0 Å². The standard InChI is InChI=1S/C9H19.C7H15O.Sn/c1-3-5-7-9-8-6-4-2;1-2-3-4-5-6-7-8;/h9H,3-8H2,1-2H3;2-7H2,1H3;/q;-1;+1. The van der Waals surface area contributed by atoms with Crippen LogP contribution in [0.3, 0.4) is 0 Å². The third kappa shape index (κ3) is 13.2. The maximum absolute atomic E-state index is 6.04. The van der Waals surface area contributed by atoms with Gasteiger partial charge in [0.2, 0.25) is 0 Å². The van der Waals surface area contributed by atoms with Gasteiger partial charge in [-0.25, -0.2) is 0 Å². The van der Waals surface area contributed by atoms with Crippen LogP contribution in [-0.2, 0) is 3.07 Å². The second-order valence-electron chi connectivity index (χ2n) is 5.36. The van der Waals surface area contributed by atoms with E-state index in [0.717, 1.165) is 10.5 Å². The Morgan fingerprint density at radius 2 is 1.28 bits per heavy atom. The van der Waals surface area contributed by atoms with E-state index in [1.165, 1.54) is 70.6 Å². The zero-order valence-electron chi connectivity index (χ0n) is 13.0. The van der Waals surface area contributed by atoms with Crippen molar-refractivity contribution < 1.29 is 3.07 Å². The van der Waals surface area contributed by atoms with Gasteiger partial charge in [-0.3, -0.25) is 0 Å². The molecule has 108 valence electrons. The van der Waals surface area contributed by atoms with Crippen molar-refractivity contribution in [1.82, 2.24) is 0 Å². The van der Waals surface area contributed by atoms with Gasteiger partial charge in [-0.05, 0) is 0 Å². The minimum absolute atomic E-state index is 0.538. The summed E-state index contributed by atoms with van der Waals surface area (Å²) in [5, 5.41) is 0. The minimum atomic E-state index is -0.538. The van der Waals surface area contributed by atoms with E-state index in [2.05, 4.69) is 20.8 Å². The summed E-state index contributed by atoms with van der Waals surface area (Å²) in [6.07, 6.45) is 15.2. The monoisotopic (exact) mass is 362 g/mol. The van der Waals surface area contributed by atoms with E-state index in [0.29, 0.717) is 0 Å².